The number of amides is 1. The number of piperazine rings is 1. The minimum atomic E-state index is -3.56. The van der Waals surface area contributed by atoms with Crippen molar-refractivity contribution < 1.29 is 22.7 Å². The van der Waals surface area contributed by atoms with Gasteiger partial charge in [0, 0.05) is 32.6 Å². The monoisotopic (exact) mass is 379 g/mol. The third kappa shape index (κ3) is 5.03. The number of carbonyl (C=O) groups excluding carboxylic acids is 2. The Balaban J connectivity index is 1.84. The van der Waals surface area contributed by atoms with E-state index in [1.807, 2.05) is 0 Å². The van der Waals surface area contributed by atoms with Crippen molar-refractivity contribution in [1.29, 1.82) is 5.26 Å². The van der Waals surface area contributed by atoms with Gasteiger partial charge in [0.25, 0.3) is 0 Å². The fraction of sp³-hybridized carbons (Fsp3) is 0.471. The first-order chi connectivity index (χ1) is 12.3. The summed E-state index contributed by atoms with van der Waals surface area (Å²) >= 11 is 0. The molecule has 1 aromatic rings. The molecule has 1 heterocycles. The number of nitrogens with zero attached hydrogens (tertiary/aromatic N) is 3. The number of sulfonamides is 1. The number of carbonyl (C=O) groups is 2. The van der Waals surface area contributed by atoms with Crippen LogP contribution in [0.5, 0.6) is 0 Å². The lowest BCUT2D eigenvalue weighted by Crippen LogP contribution is -2.50. The van der Waals surface area contributed by atoms with Gasteiger partial charge in [0.15, 0.2) is 6.10 Å². The van der Waals surface area contributed by atoms with E-state index < -0.39 is 22.1 Å². The van der Waals surface area contributed by atoms with Crippen molar-refractivity contribution >= 4 is 21.9 Å². The van der Waals surface area contributed by atoms with Crippen molar-refractivity contribution in [3.63, 3.8) is 0 Å². The highest BCUT2D eigenvalue weighted by Crippen LogP contribution is 2.17. The van der Waals surface area contributed by atoms with E-state index in [1.165, 1.54) is 16.1 Å². The van der Waals surface area contributed by atoms with Crippen LogP contribution in [0.15, 0.2) is 35.2 Å². The minimum absolute atomic E-state index is 0.0254. The number of rotatable bonds is 6. The molecule has 2 rings (SSSR count). The minimum Gasteiger partial charge on any atom is -0.447 e. The van der Waals surface area contributed by atoms with Gasteiger partial charge >= 0.3 is 5.97 Å². The number of esters is 1. The summed E-state index contributed by atoms with van der Waals surface area (Å²) in [5, 5.41) is 8.58. The highest BCUT2D eigenvalue weighted by Gasteiger charge is 2.30. The van der Waals surface area contributed by atoms with E-state index in [-0.39, 0.29) is 49.8 Å². The van der Waals surface area contributed by atoms with Gasteiger partial charge in [0.05, 0.1) is 11.3 Å². The van der Waals surface area contributed by atoms with Gasteiger partial charge in [0.2, 0.25) is 15.9 Å². The zero-order valence-corrected chi connectivity index (χ0v) is 15.3. The Morgan fingerprint density at radius 1 is 1.15 bits per heavy atom. The first kappa shape index (κ1) is 19.9. The molecule has 1 aliphatic heterocycles. The Morgan fingerprint density at radius 2 is 1.77 bits per heavy atom. The van der Waals surface area contributed by atoms with Crippen LogP contribution in [0.3, 0.4) is 0 Å². The molecule has 0 aliphatic carbocycles. The first-order valence-electron chi connectivity index (χ1n) is 8.26. The van der Waals surface area contributed by atoms with E-state index in [9.17, 15) is 18.0 Å². The molecule has 0 spiro atoms. The molecular formula is C17H21N3O5S. The maximum Gasteiger partial charge on any atom is 0.307 e. The number of nitriles is 1. The molecule has 0 radical (unpaired) electrons. The van der Waals surface area contributed by atoms with Gasteiger partial charge in [-0.15, -0.1) is 0 Å². The fourth-order valence-electron chi connectivity index (χ4n) is 2.57. The molecule has 0 bridgehead atoms. The topological polar surface area (TPSA) is 108 Å². The van der Waals surface area contributed by atoms with Crippen LogP contribution >= 0.6 is 0 Å². The third-order valence-corrected chi connectivity index (χ3v) is 5.92. The summed E-state index contributed by atoms with van der Waals surface area (Å²) in [5.41, 5.74) is 0. The highest BCUT2D eigenvalue weighted by atomic mass is 32.2. The Kier molecular flexibility index (Phi) is 6.71. The zero-order valence-electron chi connectivity index (χ0n) is 14.5. The average Bonchev–Trinajstić information content (AvgIpc) is 2.66. The largest absolute Gasteiger partial charge is 0.447 e. The van der Waals surface area contributed by atoms with Gasteiger partial charge in [-0.2, -0.15) is 9.57 Å². The molecule has 0 unspecified atom stereocenters. The quantitative estimate of drug-likeness (QED) is 0.675. The smallest absolute Gasteiger partial charge is 0.307 e. The van der Waals surface area contributed by atoms with Crippen LogP contribution in [-0.2, 0) is 24.3 Å². The van der Waals surface area contributed by atoms with Crippen molar-refractivity contribution in [3.05, 3.63) is 30.3 Å². The molecule has 8 nitrogen and oxygen atoms in total. The Bertz CT molecular complexity index is 780. The summed E-state index contributed by atoms with van der Waals surface area (Å²) in [4.78, 5) is 25.4. The van der Waals surface area contributed by atoms with Crippen molar-refractivity contribution in [1.82, 2.24) is 9.21 Å². The van der Waals surface area contributed by atoms with E-state index in [0.29, 0.717) is 0 Å². The molecule has 26 heavy (non-hydrogen) atoms. The van der Waals surface area contributed by atoms with Crippen molar-refractivity contribution in [3.8, 4) is 6.07 Å². The van der Waals surface area contributed by atoms with Crippen LogP contribution in [0, 0.1) is 11.3 Å². The lowest BCUT2D eigenvalue weighted by Gasteiger charge is -2.34. The molecule has 0 aromatic heterocycles. The predicted octanol–water partition coefficient (Wildman–Crippen LogP) is 0.755. The van der Waals surface area contributed by atoms with E-state index in [0.717, 1.165) is 0 Å². The van der Waals surface area contributed by atoms with Crippen molar-refractivity contribution in [2.45, 2.75) is 30.8 Å². The van der Waals surface area contributed by atoms with E-state index in [1.54, 1.807) is 36.4 Å². The van der Waals surface area contributed by atoms with Gasteiger partial charge in [-0.25, -0.2) is 8.42 Å². The Morgan fingerprint density at radius 3 is 2.35 bits per heavy atom. The average molecular weight is 379 g/mol. The second-order valence-corrected chi connectivity index (χ2v) is 7.80. The Labute approximate surface area is 153 Å². The van der Waals surface area contributed by atoms with Gasteiger partial charge in [0.1, 0.15) is 6.07 Å². The van der Waals surface area contributed by atoms with Crippen LogP contribution in [-0.4, -0.2) is 61.8 Å². The van der Waals surface area contributed by atoms with Crippen LogP contribution in [0.2, 0.25) is 0 Å². The molecule has 1 fully saturated rings. The lowest BCUT2D eigenvalue weighted by atomic mass is 10.2. The maximum atomic E-state index is 12.5. The number of hydrogen-bond donors (Lipinski definition) is 0. The highest BCUT2D eigenvalue weighted by molar-refractivity contribution is 7.89. The number of benzene rings is 1. The summed E-state index contributed by atoms with van der Waals surface area (Å²) in [5.74, 6) is -0.832. The molecule has 1 aliphatic rings. The van der Waals surface area contributed by atoms with Crippen molar-refractivity contribution in [2.75, 3.05) is 26.2 Å². The van der Waals surface area contributed by atoms with Gasteiger partial charge in [-0.3, -0.25) is 9.59 Å². The summed E-state index contributed by atoms with van der Waals surface area (Å²) in [7, 11) is -3.56. The second-order valence-electron chi connectivity index (χ2n) is 5.86. The van der Waals surface area contributed by atoms with E-state index >= 15 is 0 Å². The van der Waals surface area contributed by atoms with Crippen LogP contribution < -0.4 is 0 Å². The predicted molar refractivity (Wildman–Crippen MR) is 92.2 cm³/mol. The molecule has 0 saturated carbocycles. The number of ether oxygens (including phenoxy) is 1. The van der Waals surface area contributed by atoms with Gasteiger partial charge < -0.3 is 9.64 Å². The standard InChI is InChI=1S/C17H21N3O5S/c1-14(13-18)25-17(22)8-7-16(21)19-9-11-20(12-10-19)26(23,24)15-5-3-2-4-6-15/h2-6,14H,7-12H2,1H3/t14-/m1/s1. The summed E-state index contributed by atoms with van der Waals surface area (Å²) in [6, 6.07) is 9.94. The lowest BCUT2D eigenvalue weighted by molar-refractivity contribution is -0.148. The SMILES string of the molecule is C[C@H](C#N)OC(=O)CCC(=O)N1CCN(S(=O)(=O)c2ccccc2)CC1. The molecule has 1 atom stereocenters. The fourth-order valence-corrected chi connectivity index (χ4v) is 4.01. The molecule has 9 heteroatoms. The Hall–Kier alpha value is -2.44. The second kappa shape index (κ2) is 8.78. The maximum absolute atomic E-state index is 12.5. The van der Waals surface area contributed by atoms with Crippen LogP contribution in [0.1, 0.15) is 19.8 Å². The normalized spacial score (nSPS) is 16.5. The molecular weight excluding hydrogens is 358 g/mol. The molecule has 0 N–H and O–H groups in total. The number of hydrogen-bond acceptors (Lipinski definition) is 6. The third-order valence-electron chi connectivity index (χ3n) is 4.01. The van der Waals surface area contributed by atoms with Gasteiger partial charge in [-0.05, 0) is 19.1 Å². The molecule has 1 aromatic carbocycles. The molecule has 1 saturated heterocycles. The zero-order chi connectivity index (χ0) is 19.2. The van der Waals surface area contributed by atoms with Crippen molar-refractivity contribution in [2.24, 2.45) is 0 Å². The summed E-state index contributed by atoms with van der Waals surface area (Å²) in [6.07, 6.45) is -0.972. The summed E-state index contributed by atoms with van der Waals surface area (Å²) in [6.45, 7) is 2.41. The van der Waals surface area contributed by atoms with Gasteiger partial charge in [-0.1, -0.05) is 18.2 Å². The van der Waals surface area contributed by atoms with Crippen LogP contribution in [0.25, 0.3) is 0 Å². The van der Waals surface area contributed by atoms with E-state index in [2.05, 4.69) is 0 Å². The summed E-state index contributed by atoms with van der Waals surface area (Å²) < 4.78 is 31.2. The molecule has 140 valence electrons. The van der Waals surface area contributed by atoms with Crippen LogP contribution in [0.4, 0.5) is 0 Å². The first-order valence-corrected chi connectivity index (χ1v) is 9.70. The molecule has 1 amide bonds. The van der Waals surface area contributed by atoms with E-state index in [4.69, 9.17) is 10.00 Å².